The van der Waals surface area contributed by atoms with E-state index in [1.54, 1.807) is 0 Å². The minimum absolute atomic E-state index is 0.0487. The second kappa shape index (κ2) is 4.90. The summed E-state index contributed by atoms with van der Waals surface area (Å²) in [5.41, 5.74) is 0.387. The molecule has 0 aliphatic heterocycles. The minimum atomic E-state index is -1.02. The van der Waals surface area contributed by atoms with E-state index in [0.29, 0.717) is 11.8 Å². The largest absolute Gasteiger partial charge is 0.493 e. The standard InChI is InChI=1S/C10H8O5/c1-14-9-4-7(5-11)2-3-8(9)15-10(13)6-12/h2-6H,1H3. The first kappa shape index (κ1) is 10.9. The maximum Gasteiger partial charge on any atom is 0.376 e. The number of hydrogen-bond donors (Lipinski definition) is 0. The molecule has 1 rings (SSSR count). The molecule has 0 aromatic heterocycles. The molecular formula is C10H8O5. The molecule has 0 heterocycles. The molecule has 5 nitrogen and oxygen atoms in total. The molecule has 0 atom stereocenters. The Morgan fingerprint density at radius 1 is 1.27 bits per heavy atom. The summed E-state index contributed by atoms with van der Waals surface area (Å²) in [5, 5.41) is 0. The number of carbonyl (C=O) groups is 3. The van der Waals surface area contributed by atoms with Gasteiger partial charge >= 0.3 is 5.97 Å². The molecule has 1 aromatic carbocycles. The average Bonchev–Trinajstić information content (AvgIpc) is 2.29. The summed E-state index contributed by atoms with van der Waals surface area (Å²) in [6, 6.07) is 4.23. The summed E-state index contributed by atoms with van der Waals surface area (Å²) < 4.78 is 9.52. The van der Waals surface area contributed by atoms with Crippen molar-refractivity contribution in [3.63, 3.8) is 0 Å². The van der Waals surface area contributed by atoms with Crippen LogP contribution in [0.3, 0.4) is 0 Å². The van der Waals surface area contributed by atoms with E-state index in [9.17, 15) is 14.4 Å². The Morgan fingerprint density at radius 2 is 2.00 bits per heavy atom. The topological polar surface area (TPSA) is 69.7 Å². The molecule has 1 aromatic rings. The van der Waals surface area contributed by atoms with Gasteiger partial charge in [-0.15, -0.1) is 0 Å². The van der Waals surface area contributed by atoms with Gasteiger partial charge in [0.15, 0.2) is 11.5 Å². The first-order valence-corrected chi connectivity index (χ1v) is 4.01. The zero-order valence-electron chi connectivity index (χ0n) is 7.93. The van der Waals surface area contributed by atoms with Gasteiger partial charge in [-0.25, -0.2) is 4.79 Å². The van der Waals surface area contributed by atoms with E-state index < -0.39 is 5.97 Å². The van der Waals surface area contributed by atoms with Gasteiger partial charge in [0, 0.05) is 5.56 Å². The molecule has 0 radical (unpaired) electrons. The van der Waals surface area contributed by atoms with Crippen molar-refractivity contribution in [3.05, 3.63) is 23.8 Å². The summed E-state index contributed by atoms with van der Waals surface area (Å²) in [7, 11) is 1.36. The highest BCUT2D eigenvalue weighted by molar-refractivity contribution is 6.21. The first-order chi connectivity index (χ1) is 7.21. The summed E-state index contributed by atoms with van der Waals surface area (Å²) >= 11 is 0. The second-order valence-corrected chi connectivity index (χ2v) is 2.57. The summed E-state index contributed by atoms with van der Waals surface area (Å²) in [5.74, 6) is -0.706. The van der Waals surface area contributed by atoms with Crippen molar-refractivity contribution in [3.8, 4) is 11.5 Å². The van der Waals surface area contributed by atoms with E-state index in [0.717, 1.165) is 0 Å². The van der Waals surface area contributed by atoms with Crippen LogP contribution in [0.1, 0.15) is 10.4 Å². The van der Waals surface area contributed by atoms with Gasteiger partial charge in [0.2, 0.25) is 6.29 Å². The molecule has 15 heavy (non-hydrogen) atoms. The fourth-order valence-electron chi connectivity index (χ4n) is 0.974. The smallest absolute Gasteiger partial charge is 0.376 e. The number of esters is 1. The third-order valence-corrected chi connectivity index (χ3v) is 1.63. The molecule has 5 heteroatoms. The highest BCUT2D eigenvalue weighted by Crippen LogP contribution is 2.27. The van der Waals surface area contributed by atoms with Crippen molar-refractivity contribution in [1.29, 1.82) is 0 Å². The molecule has 0 aliphatic carbocycles. The van der Waals surface area contributed by atoms with Crippen LogP contribution in [0.25, 0.3) is 0 Å². The van der Waals surface area contributed by atoms with E-state index in [1.807, 2.05) is 0 Å². The number of methoxy groups -OCH3 is 1. The Bertz CT molecular complexity index is 397. The zero-order valence-corrected chi connectivity index (χ0v) is 7.93. The normalized spacial score (nSPS) is 9.13. The van der Waals surface area contributed by atoms with Crippen LogP contribution in [0.4, 0.5) is 0 Å². The van der Waals surface area contributed by atoms with E-state index in [4.69, 9.17) is 4.74 Å². The number of benzene rings is 1. The molecule has 0 fully saturated rings. The molecule has 0 unspecified atom stereocenters. The summed E-state index contributed by atoms with van der Waals surface area (Å²) in [6.07, 6.45) is 0.681. The molecule has 0 amide bonds. The lowest BCUT2D eigenvalue weighted by Crippen LogP contribution is -2.09. The lowest BCUT2D eigenvalue weighted by atomic mass is 10.2. The Morgan fingerprint density at radius 3 is 2.53 bits per heavy atom. The van der Waals surface area contributed by atoms with Crippen LogP contribution in [0, 0.1) is 0 Å². The van der Waals surface area contributed by atoms with Crippen molar-refractivity contribution in [2.45, 2.75) is 0 Å². The zero-order chi connectivity index (χ0) is 11.3. The molecule has 0 spiro atoms. The van der Waals surface area contributed by atoms with Gasteiger partial charge in [0.05, 0.1) is 7.11 Å². The van der Waals surface area contributed by atoms with Gasteiger partial charge in [-0.05, 0) is 18.2 Å². The minimum Gasteiger partial charge on any atom is -0.493 e. The van der Waals surface area contributed by atoms with Gasteiger partial charge in [-0.3, -0.25) is 9.59 Å². The van der Waals surface area contributed by atoms with Crippen molar-refractivity contribution >= 4 is 18.5 Å². The lowest BCUT2D eigenvalue weighted by Gasteiger charge is -2.07. The number of hydrogen-bond acceptors (Lipinski definition) is 5. The van der Waals surface area contributed by atoms with Gasteiger partial charge in [0.1, 0.15) is 6.29 Å². The van der Waals surface area contributed by atoms with Gasteiger partial charge < -0.3 is 9.47 Å². The van der Waals surface area contributed by atoms with E-state index in [-0.39, 0.29) is 17.8 Å². The van der Waals surface area contributed by atoms with E-state index in [2.05, 4.69) is 4.74 Å². The summed E-state index contributed by atoms with van der Waals surface area (Å²) in [6.45, 7) is 0. The maximum absolute atomic E-state index is 10.7. The van der Waals surface area contributed by atoms with Crippen LogP contribution in [-0.2, 0) is 9.59 Å². The van der Waals surface area contributed by atoms with Crippen molar-refractivity contribution in [2.75, 3.05) is 7.11 Å². The number of ether oxygens (including phenoxy) is 2. The van der Waals surface area contributed by atoms with Gasteiger partial charge in [-0.1, -0.05) is 0 Å². The van der Waals surface area contributed by atoms with E-state index >= 15 is 0 Å². The fourth-order valence-corrected chi connectivity index (χ4v) is 0.974. The van der Waals surface area contributed by atoms with Crippen molar-refractivity contribution in [2.24, 2.45) is 0 Å². The molecule has 0 N–H and O–H groups in total. The maximum atomic E-state index is 10.7. The number of aldehydes is 2. The average molecular weight is 208 g/mol. The van der Waals surface area contributed by atoms with Crippen LogP contribution in [0.5, 0.6) is 11.5 Å². The third kappa shape index (κ3) is 2.63. The van der Waals surface area contributed by atoms with Crippen LogP contribution in [-0.4, -0.2) is 25.7 Å². The number of carbonyl (C=O) groups excluding carboxylic acids is 3. The quantitative estimate of drug-likeness (QED) is 0.314. The Labute approximate surface area is 85.6 Å². The van der Waals surface area contributed by atoms with E-state index in [1.165, 1.54) is 25.3 Å². The molecular weight excluding hydrogens is 200 g/mol. The second-order valence-electron chi connectivity index (χ2n) is 2.57. The van der Waals surface area contributed by atoms with Gasteiger partial charge in [0.25, 0.3) is 0 Å². The molecule has 0 saturated carbocycles. The van der Waals surface area contributed by atoms with Crippen molar-refractivity contribution in [1.82, 2.24) is 0 Å². The SMILES string of the molecule is COc1cc(C=O)ccc1OC(=O)C=O. The third-order valence-electron chi connectivity index (χ3n) is 1.63. The molecule has 0 bridgehead atoms. The van der Waals surface area contributed by atoms with Gasteiger partial charge in [-0.2, -0.15) is 0 Å². The molecule has 0 aliphatic rings. The fraction of sp³-hybridized carbons (Fsp3) is 0.100. The first-order valence-electron chi connectivity index (χ1n) is 4.01. The molecule has 78 valence electrons. The monoisotopic (exact) mass is 208 g/mol. The predicted octanol–water partition coefficient (Wildman–Crippen LogP) is 0.612. The highest BCUT2D eigenvalue weighted by atomic mass is 16.6. The van der Waals surface area contributed by atoms with Crippen LogP contribution in [0.2, 0.25) is 0 Å². The lowest BCUT2D eigenvalue weighted by molar-refractivity contribution is -0.141. The van der Waals surface area contributed by atoms with Crippen LogP contribution < -0.4 is 9.47 Å². The Kier molecular flexibility index (Phi) is 3.56. The van der Waals surface area contributed by atoms with Crippen LogP contribution >= 0.6 is 0 Å². The van der Waals surface area contributed by atoms with Crippen LogP contribution in [0.15, 0.2) is 18.2 Å². The summed E-state index contributed by atoms with van der Waals surface area (Å²) in [4.78, 5) is 31.2. The molecule has 0 saturated heterocycles. The highest BCUT2D eigenvalue weighted by Gasteiger charge is 2.09. The number of rotatable bonds is 4. The Balaban J connectivity index is 3.01. The van der Waals surface area contributed by atoms with Crippen molar-refractivity contribution < 1.29 is 23.9 Å². The predicted molar refractivity (Wildman–Crippen MR) is 50.1 cm³/mol. The Hall–Kier alpha value is -2.17.